The molecular weight excluding hydrogens is 356 g/mol. The quantitative estimate of drug-likeness (QED) is 0.325. The summed E-state index contributed by atoms with van der Waals surface area (Å²) in [5.74, 6) is -1.95. The zero-order valence-corrected chi connectivity index (χ0v) is 14.0. The molecule has 27 heavy (non-hydrogen) atoms. The van der Waals surface area contributed by atoms with Gasteiger partial charge in [-0.15, -0.1) is 0 Å². The summed E-state index contributed by atoms with van der Waals surface area (Å²) in [6, 6.07) is 7.81. The van der Waals surface area contributed by atoms with Gasteiger partial charge in [0.05, 0.1) is 4.92 Å². The van der Waals surface area contributed by atoms with E-state index in [1.165, 1.54) is 49.4 Å². The molecule has 3 N–H and O–H groups in total. The number of rotatable bonds is 4. The highest BCUT2D eigenvalue weighted by Gasteiger charge is 2.41. The van der Waals surface area contributed by atoms with Gasteiger partial charge in [-0.2, -0.15) is 0 Å². The number of nitro groups is 1. The Morgan fingerprint density at radius 1 is 1.15 bits per heavy atom. The van der Waals surface area contributed by atoms with Crippen molar-refractivity contribution in [1.29, 1.82) is 0 Å². The van der Waals surface area contributed by atoms with Gasteiger partial charge in [0.2, 0.25) is 5.91 Å². The number of hydrogen-bond acceptors (Lipinski definition) is 7. The van der Waals surface area contributed by atoms with Gasteiger partial charge in [0.15, 0.2) is 17.1 Å². The van der Waals surface area contributed by atoms with Crippen molar-refractivity contribution in [2.75, 3.05) is 5.32 Å². The first kappa shape index (κ1) is 17.9. The van der Waals surface area contributed by atoms with Gasteiger partial charge in [-0.25, -0.2) is 4.79 Å². The number of aromatic hydroxyl groups is 2. The second-order valence-corrected chi connectivity index (χ2v) is 5.86. The molecule has 0 spiro atoms. The van der Waals surface area contributed by atoms with Gasteiger partial charge >= 0.3 is 5.97 Å². The number of nitrogens with one attached hydrogen (secondary N) is 1. The lowest BCUT2D eigenvalue weighted by atomic mass is 9.86. The summed E-state index contributed by atoms with van der Waals surface area (Å²) < 4.78 is 5.42. The molecule has 2 aromatic carbocycles. The van der Waals surface area contributed by atoms with Gasteiger partial charge in [-0.05, 0) is 24.3 Å². The number of esters is 1. The maximum absolute atomic E-state index is 11.8. The van der Waals surface area contributed by atoms with E-state index in [2.05, 4.69) is 5.32 Å². The van der Waals surface area contributed by atoms with E-state index in [-0.39, 0.29) is 28.3 Å². The number of carbonyl (C=O) groups excluding carboxylic acids is 2. The second kappa shape index (κ2) is 6.45. The fraction of sp³-hybridized carbons (Fsp3) is 0.111. The number of nitrogens with zero attached hydrogens (tertiary/aromatic N) is 1. The number of ether oxygens (including phenoxy) is 1. The molecule has 0 aromatic heterocycles. The number of amides is 1. The van der Waals surface area contributed by atoms with Crippen molar-refractivity contribution in [2.24, 2.45) is 0 Å². The molecule has 1 unspecified atom stereocenters. The monoisotopic (exact) mass is 370 g/mol. The number of cyclic esters (lactones) is 1. The smallest absolute Gasteiger partial charge is 0.332 e. The Balaban J connectivity index is 2.19. The first-order valence-electron chi connectivity index (χ1n) is 7.74. The summed E-state index contributed by atoms with van der Waals surface area (Å²) in [6.45, 7) is 1.22. The van der Waals surface area contributed by atoms with Crippen LogP contribution >= 0.6 is 0 Å². The van der Waals surface area contributed by atoms with E-state index in [0.29, 0.717) is 0 Å². The predicted molar refractivity (Wildman–Crippen MR) is 93.2 cm³/mol. The molecular formula is C18H14N2O7. The summed E-state index contributed by atoms with van der Waals surface area (Å²) in [7, 11) is 0. The van der Waals surface area contributed by atoms with E-state index < -0.39 is 28.2 Å². The minimum atomic E-state index is -1.53. The Hall–Kier alpha value is -3.88. The molecule has 2 aromatic rings. The van der Waals surface area contributed by atoms with Gasteiger partial charge < -0.3 is 20.3 Å². The first-order chi connectivity index (χ1) is 12.7. The molecule has 1 aliphatic heterocycles. The zero-order valence-electron chi connectivity index (χ0n) is 14.0. The first-order valence-corrected chi connectivity index (χ1v) is 7.74. The molecule has 1 heterocycles. The van der Waals surface area contributed by atoms with E-state index in [1.54, 1.807) is 0 Å². The van der Waals surface area contributed by atoms with Crippen molar-refractivity contribution >= 4 is 23.3 Å². The highest BCUT2D eigenvalue weighted by Crippen LogP contribution is 2.43. The highest BCUT2D eigenvalue weighted by molar-refractivity contribution is 5.91. The van der Waals surface area contributed by atoms with E-state index in [0.717, 1.165) is 6.08 Å². The van der Waals surface area contributed by atoms with Crippen molar-refractivity contribution in [3.63, 3.8) is 0 Å². The second-order valence-electron chi connectivity index (χ2n) is 5.86. The molecule has 9 heteroatoms. The molecule has 0 fully saturated rings. The van der Waals surface area contributed by atoms with Gasteiger partial charge in [0.25, 0.3) is 5.69 Å². The van der Waals surface area contributed by atoms with Crippen molar-refractivity contribution < 1.29 is 29.5 Å². The molecule has 0 saturated heterocycles. The lowest BCUT2D eigenvalue weighted by molar-refractivity contribution is -0.384. The van der Waals surface area contributed by atoms with E-state index in [9.17, 15) is 29.9 Å². The van der Waals surface area contributed by atoms with Gasteiger partial charge in [0.1, 0.15) is 5.69 Å². The predicted octanol–water partition coefficient (Wildman–Crippen LogP) is 2.32. The molecule has 9 nitrogen and oxygen atoms in total. The maximum Gasteiger partial charge on any atom is 0.332 e. The Morgan fingerprint density at radius 2 is 1.81 bits per heavy atom. The Kier molecular flexibility index (Phi) is 4.28. The van der Waals surface area contributed by atoms with E-state index >= 15 is 0 Å². The van der Waals surface area contributed by atoms with Crippen LogP contribution in [0.3, 0.4) is 0 Å². The average Bonchev–Trinajstić information content (AvgIpc) is 3.00. The van der Waals surface area contributed by atoms with Crippen molar-refractivity contribution in [1.82, 2.24) is 0 Å². The molecule has 138 valence electrons. The molecule has 1 aliphatic rings. The normalized spacial score (nSPS) is 18.2. The maximum atomic E-state index is 11.8. The number of phenols is 2. The molecule has 1 atom stereocenters. The third-order valence-electron chi connectivity index (χ3n) is 4.05. The lowest BCUT2D eigenvalue weighted by Crippen LogP contribution is -2.27. The number of anilines is 1. The van der Waals surface area contributed by atoms with Gasteiger partial charge in [-0.3, -0.25) is 14.9 Å². The average molecular weight is 370 g/mol. The third-order valence-corrected chi connectivity index (χ3v) is 4.05. The Labute approximate surface area is 152 Å². The molecule has 3 rings (SSSR count). The number of phenolic OH excluding ortho intramolecular Hbond substituents is 2. The van der Waals surface area contributed by atoms with Crippen LogP contribution in [0.15, 0.2) is 48.6 Å². The number of benzene rings is 2. The van der Waals surface area contributed by atoms with E-state index in [1.807, 2.05) is 0 Å². The number of carbonyl (C=O) groups is 2. The van der Waals surface area contributed by atoms with Crippen molar-refractivity contribution in [2.45, 2.75) is 12.5 Å². The van der Waals surface area contributed by atoms with Gasteiger partial charge in [0, 0.05) is 30.2 Å². The van der Waals surface area contributed by atoms with Crippen molar-refractivity contribution in [3.05, 3.63) is 69.8 Å². The highest BCUT2D eigenvalue weighted by atomic mass is 16.6. The van der Waals surface area contributed by atoms with Gasteiger partial charge in [-0.1, -0.05) is 12.1 Å². The van der Waals surface area contributed by atoms with Crippen LogP contribution in [0.2, 0.25) is 0 Å². The standard InChI is InChI=1S/C18H14N2O7/c1-10(21)19-13-4-2-11(8-14(13)20(25)26)18(7-6-17(24)27-18)12-3-5-15(22)16(23)9-12/h2-9,22-23H,1H3,(H,19,21). The lowest BCUT2D eigenvalue weighted by Gasteiger charge is -2.28. The SMILES string of the molecule is CC(=O)Nc1ccc(C2(c3ccc(O)c(O)c3)C=CC(=O)O2)cc1[N+](=O)[O-]. The summed E-state index contributed by atoms with van der Waals surface area (Å²) in [5, 5.41) is 33.1. The molecule has 1 amide bonds. The Morgan fingerprint density at radius 3 is 2.37 bits per heavy atom. The third kappa shape index (κ3) is 3.17. The van der Waals surface area contributed by atoms with Crippen LogP contribution in [0, 0.1) is 10.1 Å². The molecule has 0 aliphatic carbocycles. The van der Waals surface area contributed by atoms with Crippen LogP contribution in [0.4, 0.5) is 11.4 Å². The minimum Gasteiger partial charge on any atom is -0.504 e. The fourth-order valence-electron chi connectivity index (χ4n) is 2.85. The van der Waals surface area contributed by atoms with Crippen LogP contribution in [0.1, 0.15) is 18.1 Å². The van der Waals surface area contributed by atoms with Crippen LogP contribution in [-0.4, -0.2) is 27.0 Å². The topological polar surface area (TPSA) is 139 Å². The molecule has 0 radical (unpaired) electrons. The molecule has 0 saturated carbocycles. The van der Waals surface area contributed by atoms with Crippen molar-refractivity contribution in [3.8, 4) is 11.5 Å². The number of nitro benzene ring substituents is 1. The minimum absolute atomic E-state index is 0.00624. The molecule has 0 bridgehead atoms. The summed E-state index contributed by atoms with van der Waals surface area (Å²) in [5.41, 5.74) is -1.41. The van der Waals surface area contributed by atoms with E-state index in [4.69, 9.17) is 4.74 Å². The fourth-order valence-corrected chi connectivity index (χ4v) is 2.85. The summed E-state index contributed by atoms with van der Waals surface area (Å²) >= 11 is 0. The zero-order chi connectivity index (χ0) is 19.8. The van der Waals surface area contributed by atoms with Crippen LogP contribution < -0.4 is 5.32 Å². The number of hydrogen-bond donors (Lipinski definition) is 3. The van der Waals surface area contributed by atoms with Crippen LogP contribution in [0.25, 0.3) is 0 Å². The largest absolute Gasteiger partial charge is 0.504 e. The summed E-state index contributed by atoms with van der Waals surface area (Å²) in [4.78, 5) is 33.8. The summed E-state index contributed by atoms with van der Waals surface area (Å²) in [6.07, 6.45) is 2.57. The van der Waals surface area contributed by atoms with Crippen LogP contribution in [-0.2, 0) is 19.9 Å². The van der Waals surface area contributed by atoms with Crippen LogP contribution in [0.5, 0.6) is 11.5 Å². The Bertz CT molecular complexity index is 999.